The number of ether oxygens (including phenoxy) is 1. The van der Waals surface area contributed by atoms with Gasteiger partial charge in [0.1, 0.15) is 0 Å². The van der Waals surface area contributed by atoms with Gasteiger partial charge >= 0.3 is 5.97 Å². The van der Waals surface area contributed by atoms with Crippen LogP contribution in [0.5, 0.6) is 0 Å². The zero-order valence-corrected chi connectivity index (χ0v) is 10.0. The predicted molar refractivity (Wildman–Crippen MR) is 60.3 cm³/mol. The van der Waals surface area contributed by atoms with Crippen molar-refractivity contribution < 1.29 is 14.6 Å². The number of carboxylic acid groups (broad SMARTS) is 1. The van der Waals surface area contributed by atoms with E-state index in [1.54, 1.807) is 0 Å². The van der Waals surface area contributed by atoms with Crippen LogP contribution >= 0.6 is 0 Å². The summed E-state index contributed by atoms with van der Waals surface area (Å²) in [5.74, 6) is -0.0463. The molecule has 0 aromatic heterocycles. The Hall–Kier alpha value is -0.610. The number of carboxylic acids is 1. The van der Waals surface area contributed by atoms with Crippen molar-refractivity contribution in [3.05, 3.63) is 0 Å². The average Bonchev–Trinajstić information content (AvgIpc) is 2.65. The quantitative estimate of drug-likeness (QED) is 0.742. The first kappa shape index (κ1) is 11.9. The summed E-state index contributed by atoms with van der Waals surface area (Å²) < 4.78 is 5.41. The maximum atomic E-state index is 10.7. The van der Waals surface area contributed by atoms with Crippen LogP contribution in [0.1, 0.15) is 33.1 Å². The molecule has 0 aromatic carbocycles. The molecule has 4 heteroatoms. The van der Waals surface area contributed by atoms with Gasteiger partial charge in [0.15, 0.2) is 6.10 Å². The van der Waals surface area contributed by atoms with Crippen molar-refractivity contribution in [3.8, 4) is 0 Å². The number of hydrogen-bond donors (Lipinski definition) is 2. The minimum Gasteiger partial charge on any atom is -0.479 e. The molecule has 1 saturated heterocycles. The van der Waals surface area contributed by atoms with Crippen molar-refractivity contribution in [2.45, 2.75) is 45.3 Å². The third-order valence-corrected chi connectivity index (χ3v) is 3.86. The van der Waals surface area contributed by atoms with Crippen molar-refractivity contribution in [3.63, 3.8) is 0 Å². The molecule has 0 bridgehead atoms. The van der Waals surface area contributed by atoms with E-state index in [-0.39, 0.29) is 6.10 Å². The molecule has 0 radical (unpaired) electrons. The minimum atomic E-state index is -0.828. The molecular weight excluding hydrogens is 206 g/mol. The van der Waals surface area contributed by atoms with Gasteiger partial charge < -0.3 is 15.2 Å². The second kappa shape index (κ2) is 4.34. The fourth-order valence-electron chi connectivity index (χ4n) is 2.38. The summed E-state index contributed by atoms with van der Waals surface area (Å²) in [4.78, 5) is 10.7. The third-order valence-electron chi connectivity index (χ3n) is 3.86. The maximum absolute atomic E-state index is 10.7. The van der Waals surface area contributed by atoms with Gasteiger partial charge in [-0.25, -0.2) is 4.79 Å². The number of hydrogen-bond acceptors (Lipinski definition) is 3. The van der Waals surface area contributed by atoms with Crippen molar-refractivity contribution >= 4 is 5.97 Å². The number of carbonyl (C=O) groups is 1. The van der Waals surface area contributed by atoms with E-state index in [4.69, 9.17) is 9.84 Å². The molecule has 0 aromatic rings. The lowest BCUT2D eigenvalue weighted by molar-refractivity contribution is -0.149. The summed E-state index contributed by atoms with van der Waals surface area (Å²) in [6, 6.07) is 0. The highest BCUT2D eigenvalue weighted by atomic mass is 16.5. The second-order valence-electron chi connectivity index (χ2n) is 5.71. The van der Waals surface area contributed by atoms with Gasteiger partial charge in [0.25, 0.3) is 0 Å². The van der Waals surface area contributed by atoms with Crippen LogP contribution < -0.4 is 5.32 Å². The van der Waals surface area contributed by atoms with E-state index in [0.717, 1.165) is 25.4 Å². The largest absolute Gasteiger partial charge is 0.479 e. The van der Waals surface area contributed by atoms with E-state index in [2.05, 4.69) is 19.2 Å². The number of rotatable bonds is 5. The Kier molecular flexibility index (Phi) is 3.22. The van der Waals surface area contributed by atoms with Gasteiger partial charge in [-0.15, -0.1) is 0 Å². The van der Waals surface area contributed by atoms with Crippen LogP contribution in [0.15, 0.2) is 0 Å². The van der Waals surface area contributed by atoms with Crippen LogP contribution in [0.25, 0.3) is 0 Å². The Morgan fingerprint density at radius 1 is 1.44 bits per heavy atom. The smallest absolute Gasteiger partial charge is 0.332 e. The summed E-state index contributed by atoms with van der Waals surface area (Å²) in [5, 5.41) is 12.2. The Bertz CT molecular complexity index is 277. The molecule has 2 fully saturated rings. The fourth-order valence-corrected chi connectivity index (χ4v) is 2.38. The molecule has 92 valence electrons. The van der Waals surface area contributed by atoms with Crippen molar-refractivity contribution in [2.24, 2.45) is 11.3 Å². The average molecular weight is 227 g/mol. The van der Waals surface area contributed by atoms with E-state index in [9.17, 15) is 4.79 Å². The molecule has 1 aliphatic heterocycles. The second-order valence-corrected chi connectivity index (χ2v) is 5.71. The van der Waals surface area contributed by atoms with E-state index < -0.39 is 12.1 Å². The lowest BCUT2D eigenvalue weighted by atomic mass is 10.1. The minimum absolute atomic E-state index is 0.0861. The van der Waals surface area contributed by atoms with Crippen LogP contribution in [0, 0.1) is 11.3 Å². The summed E-state index contributed by atoms with van der Waals surface area (Å²) in [6.07, 6.45) is 2.31. The Balaban J connectivity index is 1.60. The van der Waals surface area contributed by atoms with Gasteiger partial charge in [0.05, 0.1) is 6.10 Å². The molecule has 1 heterocycles. The third kappa shape index (κ3) is 2.74. The maximum Gasteiger partial charge on any atom is 0.332 e. The van der Waals surface area contributed by atoms with Crippen molar-refractivity contribution in [2.75, 3.05) is 13.1 Å². The first-order valence-electron chi connectivity index (χ1n) is 6.08. The van der Waals surface area contributed by atoms with E-state index in [1.165, 1.54) is 6.42 Å². The SMILES string of the molecule is CC1(C)CC1CNCC1CCC(C(=O)O)O1. The van der Waals surface area contributed by atoms with Crippen molar-refractivity contribution in [1.29, 1.82) is 0 Å². The molecule has 16 heavy (non-hydrogen) atoms. The topological polar surface area (TPSA) is 58.6 Å². The molecular formula is C12H21NO3. The molecule has 2 aliphatic rings. The standard InChI is InChI=1S/C12H21NO3/c1-12(2)5-8(12)6-13-7-9-3-4-10(16-9)11(14)15/h8-10,13H,3-7H2,1-2H3,(H,14,15). The summed E-state index contributed by atoms with van der Waals surface area (Å²) >= 11 is 0. The van der Waals surface area contributed by atoms with Crippen LogP contribution in [0.2, 0.25) is 0 Å². The highest BCUT2D eigenvalue weighted by molar-refractivity contribution is 5.72. The van der Waals surface area contributed by atoms with Crippen LogP contribution in [-0.2, 0) is 9.53 Å². The Labute approximate surface area is 96.4 Å². The van der Waals surface area contributed by atoms with Gasteiger partial charge in [-0.2, -0.15) is 0 Å². The van der Waals surface area contributed by atoms with Crippen LogP contribution in [-0.4, -0.2) is 36.4 Å². The van der Waals surface area contributed by atoms with Gasteiger partial charge in [-0.3, -0.25) is 0 Å². The van der Waals surface area contributed by atoms with E-state index >= 15 is 0 Å². The lowest BCUT2D eigenvalue weighted by Gasteiger charge is -2.12. The van der Waals surface area contributed by atoms with E-state index in [1.807, 2.05) is 0 Å². The summed E-state index contributed by atoms with van der Waals surface area (Å²) in [6.45, 7) is 6.39. The highest BCUT2D eigenvalue weighted by Gasteiger charge is 2.44. The molecule has 2 N–H and O–H groups in total. The zero-order chi connectivity index (χ0) is 11.8. The molecule has 1 saturated carbocycles. The predicted octanol–water partition coefficient (Wildman–Crippen LogP) is 1.25. The summed E-state index contributed by atoms with van der Waals surface area (Å²) in [7, 11) is 0. The van der Waals surface area contributed by atoms with E-state index in [0.29, 0.717) is 11.8 Å². The monoisotopic (exact) mass is 227 g/mol. The molecule has 0 amide bonds. The van der Waals surface area contributed by atoms with Crippen molar-refractivity contribution in [1.82, 2.24) is 5.32 Å². The zero-order valence-electron chi connectivity index (χ0n) is 10.0. The molecule has 0 spiro atoms. The summed E-state index contributed by atoms with van der Waals surface area (Å²) in [5.41, 5.74) is 0.507. The van der Waals surface area contributed by atoms with Crippen LogP contribution in [0.4, 0.5) is 0 Å². The van der Waals surface area contributed by atoms with Gasteiger partial charge in [0, 0.05) is 6.54 Å². The number of nitrogens with one attached hydrogen (secondary N) is 1. The molecule has 2 rings (SSSR count). The van der Waals surface area contributed by atoms with Gasteiger partial charge in [-0.05, 0) is 37.1 Å². The van der Waals surface area contributed by atoms with Crippen LogP contribution in [0.3, 0.4) is 0 Å². The van der Waals surface area contributed by atoms with Gasteiger partial charge in [-0.1, -0.05) is 13.8 Å². The molecule has 3 atom stereocenters. The molecule has 4 nitrogen and oxygen atoms in total. The molecule has 3 unspecified atom stereocenters. The van der Waals surface area contributed by atoms with Gasteiger partial charge in [0.2, 0.25) is 0 Å². The molecule has 1 aliphatic carbocycles. The Morgan fingerprint density at radius 3 is 2.62 bits per heavy atom. The Morgan fingerprint density at radius 2 is 2.12 bits per heavy atom. The lowest BCUT2D eigenvalue weighted by Crippen LogP contribution is -2.30. The fraction of sp³-hybridized carbons (Fsp3) is 0.917. The highest BCUT2D eigenvalue weighted by Crippen LogP contribution is 2.50. The first-order chi connectivity index (χ1) is 7.49. The number of aliphatic carboxylic acids is 1. The first-order valence-corrected chi connectivity index (χ1v) is 6.08. The normalized spacial score (nSPS) is 36.2.